The van der Waals surface area contributed by atoms with Crippen molar-refractivity contribution in [2.75, 3.05) is 0 Å². The zero-order valence-electron chi connectivity index (χ0n) is 14.2. The van der Waals surface area contributed by atoms with Crippen molar-refractivity contribution < 1.29 is 14.8 Å². The van der Waals surface area contributed by atoms with Gasteiger partial charge in [-0.3, -0.25) is 19.8 Å². The van der Waals surface area contributed by atoms with Gasteiger partial charge in [-0.1, -0.05) is 30.4 Å². The third-order valence-corrected chi connectivity index (χ3v) is 4.49. The van der Waals surface area contributed by atoms with Gasteiger partial charge < -0.3 is 5.32 Å². The molecule has 0 fully saturated rings. The number of carbonyl (C=O) groups is 2. The summed E-state index contributed by atoms with van der Waals surface area (Å²) in [6.45, 7) is 2.04. The zero-order chi connectivity index (χ0) is 18.6. The van der Waals surface area contributed by atoms with Crippen LogP contribution in [0.1, 0.15) is 22.8 Å². The van der Waals surface area contributed by atoms with Crippen LogP contribution in [0.15, 0.2) is 71.4 Å². The highest BCUT2D eigenvalue weighted by atomic mass is 16.5. The molecule has 2 aliphatic rings. The fourth-order valence-electron chi connectivity index (χ4n) is 2.91. The van der Waals surface area contributed by atoms with Crippen LogP contribution in [0, 0.1) is 5.41 Å². The minimum atomic E-state index is -0.615. The smallest absolute Gasteiger partial charge is 0.267 e. The fourth-order valence-corrected chi connectivity index (χ4v) is 2.91. The van der Waals surface area contributed by atoms with Crippen molar-refractivity contribution in [2.24, 2.45) is 10.4 Å². The van der Waals surface area contributed by atoms with E-state index in [4.69, 9.17) is 5.21 Å². The van der Waals surface area contributed by atoms with Crippen LogP contribution in [-0.2, 0) is 4.79 Å². The average molecular weight is 349 g/mol. The van der Waals surface area contributed by atoms with E-state index in [2.05, 4.69) is 10.3 Å². The summed E-state index contributed by atoms with van der Waals surface area (Å²) in [5, 5.41) is 11.5. The number of fused-ring (bicyclic) bond motifs is 1. The Bertz CT molecular complexity index is 863. The number of dihydropyridines is 1. The number of allylic oxidation sites excluding steroid dienone is 3. The Morgan fingerprint density at radius 3 is 2.73 bits per heavy atom. The highest BCUT2D eigenvalue weighted by molar-refractivity contribution is 5.95. The van der Waals surface area contributed by atoms with Crippen molar-refractivity contribution in [3.8, 4) is 0 Å². The first-order valence-corrected chi connectivity index (χ1v) is 8.17. The van der Waals surface area contributed by atoms with E-state index < -0.39 is 5.91 Å². The molecule has 0 bridgehead atoms. The Kier molecular flexibility index (Phi) is 4.95. The van der Waals surface area contributed by atoms with Crippen LogP contribution >= 0.6 is 0 Å². The molecule has 132 valence electrons. The van der Waals surface area contributed by atoms with E-state index in [1.807, 2.05) is 37.3 Å². The molecule has 0 saturated heterocycles. The van der Waals surface area contributed by atoms with Crippen LogP contribution in [0.4, 0.5) is 0 Å². The van der Waals surface area contributed by atoms with Crippen LogP contribution in [-0.4, -0.2) is 29.3 Å². The van der Waals surface area contributed by atoms with Crippen molar-refractivity contribution >= 4 is 24.1 Å². The summed E-state index contributed by atoms with van der Waals surface area (Å²) >= 11 is 0. The Morgan fingerprint density at radius 2 is 2.00 bits per heavy atom. The summed E-state index contributed by atoms with van der Waals surface area (Å²) in [4.78, 5) is 28.0. The summed E-state index contributed by atoms with van der Waals surface area (Å²) in [7, 11) is 0. The predicted octanol–water partition coefficient (Wildman–Crippen LogP) is 2.40. The topological polar surface area (TPSA) is 90.8 Å². The zero-order valence-corrected chi connectivity index (χ0v) is 14.2. The first-order chi connectivity index (χ1) is 12.5. The lowest BCUT2D eigenvalue weighted by Crippen LogP contribution is -2.46. The normalized spacial score (nSPS) is 23.5. The number of rotatable bonds is 4. The summed E-state index contributed by atoms with van der Waals surface area (Å²) in [6.07, 6.45) is 14.2. The number of hydrogen-bond donors (Lipinski definition) is 3. The molecular formula is C20H19N3O3. The third-order valence-electron chi connectivity index (χ3n) is 4.49. The van der Waals surface area contributed by atoms with E-state index in [0.717, 1.165) is 11.3 Å². The van der Waals surface area contributed by atoms with Gasteiger partial charge in [0.1, 0.15) is 0 Å². The van der Waals surface area contributed by atoms with Crippen LogP contribution in [0.3, 0.4) is 0 Å². The fraction of sp³-hybridized carbons (Fsp3) is 0.150. The van der Waals surface area contributed by atoms with E-state index in [9.17, 15) is 9.59 Å². The maximum Gasteiger partial charge on any atom is 0.267 e. The molecule has 0 spiro atoms. The van der Waals surface area contributed by atoms with Gasteiger partial charge in [0.05, 0.1) is 17.2 Å². The van der Waals surface area contributed by atoms with Gasteiger partial charge >= 0.3 is 0 Å². The van der Waals surface area contributed by atoms with Gasteiger partial charge in [-0.15, -0.1) is 0 Å². The maximum absolute atomic E-state index is 12.6. The van der Waals surface area contributed by atoms with Gasteiger partial charge in [-0.05, 0) is 42.8 Å². The van der Waals surface area contributed by atoms with Crippen LogP contribution in [0.2, 0.25) is 0 Å². The van der Waals surface area contributed by atoms with Crippen LogP contribution in [0.25, 0.3) is 6.08 Å². The van der Waals surface area contributed by atoms with Gasteiger partial charge in [0, 0.05) is 17.9 Å². The minimum absolute atomic E-state index is 0.186. The molecule has 1 aliphatic carbocycles. The van der Waals surface area contributed by atoms with Crippen molar-refractivity contribution in [2.45, 2.75) is 13.0 Å². The van der Waals surface area contributed by atoms with Gasteiger partial charge in [-0.25, -0.2) is 5.48 Å². The first-order valence-electron chi connectivity index (χ1n) is 8.17. The molecule has 0 saturated carbocycles. The minimum Gasteiger partial charge on any atom is -0.345 e. The molecular weight excluding hydrogens is 330 g/mol. The van der Waals surface area contributed by atoms with Gasteiger partial charge in [0.25, 0.3) is 11.8 Å². The largest absolute Gasteiger partial charge is 0.345 e. The van der Waals surface area contributed by atoms with E-state index in [1.165, 1.54) is 11.6 Å². The maximum atomic E-state index is 12.6. The van der Waals surface area contributed by atoms with Gasteiger partial charge in [0.15, 0.2) is 0 Å². The number of amides is 2. The molecule has 0 aromatic heterocycles. The number of nitrogens with zero attached hydrogens (tertiary/aromatic N) is 1. The van der Waals surface area contributed by atoms with Crippen LogP contribution in [0.5, 0.6) is 0 Å². The van der Waals surface area contributed by atoms with Crippen molar-refractivity contribution in [3.63, 3.8) is 0 Å². The standard InChI is InChI=1S/C20H19N3O3/c1-20-12-3-13-21-16(20)4-2-5-17(20)22-19(25)15-9-6-14(7-10-15)8-11-18(24)23-26/h2-13,17,26H,1H3,(H,22,25)(H,23,24)/b11-8+. The number of hydrogen-bond acceptors (Lipinski definition) is 4. The molecule has 2 atom stereocenters. The molecule has 1 heterocycles. The van der Waals surface area contributed by atoms with E-state index in [0.29, 0.717) is 5.56 Å². The number of hydroxylamine groups is 1. The second kappa shape index (κ2) is 7.33. The molecule has 6 nitrogen and oxygen atoms in total. The Labute approximate surface area is 151 Å². The highest BCUT2D eigenvalue weighted by Crippen LogP contribution is 2.38. The molecule has 0 radical (unpaired) electrons. The SMILES string of the molecule is CC12C=CC=NC1=CC=CC2NC(=O)c1ccc(/C=C/C(=O)NO)cc1. The summed E-state index contributed by atoms with van der Waals surface area (Å²) in [6, 6.07) is 6.63. The number of benzene rings is 1. The highest BCUT2D eigenvalue weighted by Gasteiger charge is 2.37. The Hall–Kier alpha value is -3.25. The van der Waals surface area contributed by atoms with Gasteiger partial charge in [-0.2, -0.15) is 0 Å². The molecule has 1 aromatic carbocycles. The first kappa shape index (κ1) is 17.6. The molecule has 3 rings (SSSR count). The molecule has 2 amide bonds. The number of carbonyl (C=O) groups excluding carboxylic acids is 2. The number of aliphatic imine (C=N–C) groups is 1. The number of nitrogens with one attached hydrogen (secondary N) is 2. The average Bonchev–Trinajstić information content (AvgIpc) is 2.67. The second-order valence-electron chi connectivity index (χ2n) is 6.24. The summed E-state index contributed by atoms with van der Waals surface area (Å²) < 4.78 is 0. The predicted molar refractivity (Wildman–Crippen MR) is 99.6 cm³/mol. The van der Waals surface area contributed by atoms with Crippen molar-refractivity contribution in [3.05, 3.63) is 77.5 Å². The molecule has 1 aliphatic heterocycles. The van der Waals surface area contributed by atoms with E-state index in [-0.39, 0.29) is 17.4 Å². The lowest BCUT2D eigenvalue weighted by atomic mass is 9.75. The Morgan fingerprint density at radius 1 is 1.23 bits per heavy atom. The Balaban J connectivity index is 1.70. The summed E-state index contributed by atoms with van der Waals surface area (Å²) in [5.41, 5.74) is 3.32. The van der Waals surface area contributed by atoms with Crippen LogP contribution < -0.4 is 10.8 Å². The monoisotopic (exact) mass is 349 g/mol. The van der Waals surface area contributed by atoms with E-state index in [1.54, 1.807) is 36.6 Å². The summed E-state index contributed by atoms with van der Waals surface area (Å²) in [5.74, 6) is -0.801. The molecule has 1 aromatic rings. The van der Waals surface area contributed by atoms with Crippen molar-refractivity contribution in [1.29, 1.82) is 0 Å². The lowest BCUT2D eigenvalue weighted by Gasteiger charge is -2.37. The second-order valence-corrected chi connectivity index (χ2v) is 6.24. The third kappa shape index (κ3) is 3.55. The lowest BCUT2D eigenvalue weighted by molar-refractivity contribution is -0.124. The van der Waals surface area contributed by atoms with Crippen molar-refractivity contribution in [1.82, 2.24) is 10.8 Å². The molecule has 3 N–H and O–H groups in total. The van der Waals surface area contributed by atoms with E-state index >= 15 is 0 Å². The molecule has 26 heavy (non-hydrogen) atoms. The quantitative estimate of drug-likeness (QED) is 0.443. The van der Waals surface area contributed by atoms with Gasteiger partial charge in [0.2, 0.25) is 0 Å². The molecule has 6 heteroatoms. The molecule has 2 unspecified atom stereocenters.